The zero-order valence-electron chi connectivity index (χ0n) is 13.0. The Hall–Kier alpha value is -0.0800. The zero-order chi connectivity index (χ0) is 13.5. The van der Waals surface area contributed by atoms with Crippen LogP contribution in [0.4, 0.5) is 0 Å². The third-order valence-electron chi connectivity index (χ3n) is 4.71. The minimum atomic E-state index is 0.439. The van der Waals surface area contributed by atoms with Crippen LogP contribution in [0.3, 0.4) is 0 Å². The molecule has 2 N–H and O–H groups in total. The fraction of sp³-hybridized carbons (Fsp3) is 1.00. The van der Waals surface area contributed by atoms with Crippen molar-refractivity contribution in [3.63, 3.8) is 0 Å². The first-order valence-corrected chi connectivity index (χ1v) is 7.98. The molecular formula is C16H34N2. The Balaban J connectivity index is 2.33. The lowest BCUT2D eigenvalue weighted by atomic mass is 9.74. The average Bonchev–Trinajstić information content (AvgIpc) is 2.32. The van der Waals surface area contributed by atoms with E-state index < -0.39 is 0 Å². The maximum Gasteiger partial charge on any atom is 0.00795 e. The van der Waals surface area contributed by atoms with Gasteiger partial charge in [-0.05, 0) is 57.0 Å². The molecule has 2 nitrogen and oxygen atoms in total. The highest BCUT2D eigenvalue weighted by molar-refractivity contribution is 4.85. The van der Waals surface area contributed by atoms with Crippen LogP contribution in [0, 0.1) is 17.8 Å². The van der Waals surface area contributed by atoms with E-state index in [0.717, 1.165) is 17.8 Å². The fourth-order valence-electron chi connectivity index (χ4n) is 3.26. The second-order valence-electron chi connectivity index (χ2n) is 6.71. The largest absolute Gasteiger partial charge is 0.327 e. The summed E-state index contributed by atoms with van der Waals surface area (Å²) in [4.78, 5) is 2.50. The molecular weight excluding hydrogens is 220 g/mol. The lowest BCUT2D eigenvalue weighted by Gasteiger charge is -2.38. The third-order valence-corrected chi connectivity index (χ3v) is 4.71. The van der Waals surface area contributed by atoms with E-state index in [-0.39, 0.29) is 0 Å². The van der Waals surface area contributed by atoms with Gasteiger partial charge in [-0.25, -0.2) is 0 Å². The van der Waals surface area contributed by atoms with Gasteiger partial charge in [0.15, 0.2) is 0 Å². The summed E-state index contributed by atoms with van der Waals surface area (Å²) in [5.74, 6) is 2.45. The summed E-state index contributed by atoms with van der Waals surface area (Å²) in [6, 6.07) is 0.439. The molecule has 18 heavy (non-hydrogen) atoms. The van der Waals surface area contributed by atoms with E-state index in [2.05, 4.69) is 32.7 Å². The lowest BCUT2D eigenvalue weighted by Crippen LogP contribution is -2.43. The van der Waals surface area contributed by atoms with Crippen molar-refractivity contribution in [2.75, 3.05) is 20.1 Å². The van der Waals surface area contributed by atoms with Crippen molar-refractivity contribution in [2.45, 2.75) is 65.3 Å². The summed E-state index contributed by atoms with van der Waals surface area (Å²) in [6.07, 6.45) is 7.92. The molecule has 0 aromatic heterocycles. The molecule has 1 aliphatic rings. The number of hydrogen-bond donors (Lipinski definition) is 1. The van der Waals surface area contributed by atoms with E-state index in [0.29, 0.717) is 6.04 Å². The Morgan fingerprint density at radius 1 is 1.22 bits per heavy atom. The fourth-order valence-corrected chi connectivity index (χ4v) is 3.26. The first-order valence-electron chi connectivity index (χ1n) is 7.98. The molecule has 0 aromatic rings. The van der Waals surface area contributed by atoms with Gasteiger partial charge in [0, 0.05) is 12.6 Å². The number of unbranched alkanes of at least 4 members (excludes halogenated alkanes) is 2. The van der Waals surface area contributed by atoms with Crippen LogP contribution in [0.5, 0.6) is 0 Å². The zero-order valence-corrected chi connectivity index (χ0v) is 13.0. The highest BCUT2D eigenvalue weighted by Crippen LogP contribution is 2.33. The molecule has 0 amide bonds. The van der Waals surface area contributed by atoms with E-state index in [4.69, 9.17) is 5.73 Å². The molecule has 0 radical (unpaired) electrons. The van der Waals surface area contributed by atoms with Gasteiger partial charge in [0.05, 0.1) is 0 Å². The van der Waals surface area contributed by atoms with Crippen molar-refractivity contribution in [3.05, 3.63) is 0 Å². The van der Waals surface area contributed by atoms with Gasteiger partial charge in [0.25, 0.3) is 0 Å². The summed E-state index contributed by atoms with van der Waals surface area (Å²) in [6.45, 7) is 9.44. The van der Waals surface area contributed by atoms with E-state index in [1.54, 1.807) is 0 Å². The molecule has 108 valence electrons. The summed E-state index contributed by atoms with van der Waals surface area (Å²) in [5, 5.41) is 0. The molecule has 0 spiro atoms. The van der Waals surface area contributed by atoms with Crippen molar-refractivity contribution in [1.82, 2.24) is 4.90 Å². The maximum atomic E-state index is 6.32. The first-order chi connectivity index (χ1) is 8.54. The summed E-state index contributed by atoms with van der Waals surface area (Å²) >= 11 is 0. The summed E-state index contributed by atoms with van der Waals surface area (Å²) < 4.78 is 0. The van der Waals surface area contributed by atoms with Crippen LogP contribution in [-0.4, -0.2) is 31.1 Å². The van der Waals surface area contributed by atoms with E-state index in [1.165, 1.54) is 51.6 Å². The molecule has 3 atom stereocenters. The second-order valence-corrected chi connectivity index (χ2v) is 6.71. The lowest BCUT2D eigenvalue weighted by molar-refractivity contribution is 0.149. The molecule has 1 aliphatic carbocycles. The Morgan fingerprint density at radius 3 is 2.56 bits per heavy atom. The monoisotopic (exact) mass is 254 g/mol. The number of nitrogens with zero attached hydrogens (tertiary/aromatic N) is 1. The Morgan fingerprint density at radius 2 is 1.94 bits per heavy atom. The van der Waals surface area contributed by atoms with Gasteiger partial charge < -0.3 is 10.6 Å². The Kier molecular flexibility index (Phi) is 7.25. The standard InChI is InChI=1S/C16H34N2/c1-5-6-7-10-18(4)12-15-11-14(13(2)3)8-9-16(15)17/h13-16H,5-12,17H2,1-4H3. The molecule has 3 unspecified atom stereocenters. The quantitative estimate of drug-likeness (QED) is 0.705. The van der Waals surface area contributed by atoms with E-state index in [1.807, 2.05) is 0 Å². The number of nitrogens with two attached hydrogens (primary N) is 1. The van der Waals surface area contributed by atoms with Crippen LogP contribution in [0.2, 0.25) is 0 Å². The van der Waals surface area contributed by atoms with Crippen LogP contribution in [0.15, 0.2) is 0 Å². The molecule has 0 saturated heterocycles. The maximum absolute atomic E-state index is 6.32. The minimum Gasteiger partial charge on any atom is -0.327 e. The molecule has 1 rings (SSSR count). The highest BCUT2D eigenvalue weighted by Gasteiger charge is 2.30. The van der Waals surface area contributed by atoms with Gasteiger partial charge >= 0.3 is 0 Å². The molecule has 2 heteroatoms. The SMILES string of the molecule is CCCCCN(C)CC1CC(C(C)C)CCC1N. The van der Waals surface area contributed by atoms with Gasteiger partial charge in [-0.2, -0.15) is 0 Å². The summed E-state index contributed by atoms with van der Waals surface area (Å²) in [7, 11) is 2.27. The van der Waals surface area contributed by atoms with Crippen LogP contribution >= 0.6 is 0 Å². The van der Waals surface area contributed by atoms with Gasteiger partial charge in [0.2, 0.25) is 0 Å². The van der Waals surface area contributed by atoms with Gasteiger partial charge in [-0.15, -0.1) is 0 Å². The molecule has 0 heterocycles. The first kappa shape index (κ1) is 16.0. The summed E-state index contributed by atoms with van der Waals surface area (Å²) in [5.41, 5.74) is 6.32. The van der Waals surface area contributed by atoms with Crippen LogP contribution in [0.25, 0.3) is 0 Å². The van der Waals surface area contributed by atoms with Gasteiger partial charge in [-0.3, -0.25) is 0 Å². The normalized spacial score (nSPS) is 29.2. The van der Waals surface area contributed by atoms with E-state index >= 15 is 0 Å². The molecule has 0 aliphatic heterocycles. The Labute approximate surface area is 114 Å². The second kappa shape index (κ2) is 8.16. The minimum absolute atomic E-state index is 0.439. The molecule has 1 saturated carbocycles. The van der Waals surface area contributed by atoms with Crippen molar-refractivity contribution in [1.29, 1.82) is 0 Å². The van der Waals surface area contributed by atoms with Crippen molar-refractivity contribution < 1.29 is 0 Å². The topological polar surface area (TPSA) is 29.3 Å². The van der Waals surface area contributed by atoms with Crippen molar-refractivity contribution >= 4 is 0 Å². The van der Waals surface area contributed by atoms with E-state index in [9.17, 15) is 0 Å². The Bertz CT molecular complexity index is 215. The van der Waals surface area contributed by atoms with Crippen molar-refractivity contribution in [2.24, 2.45) is 23.5 Å². The highest BCUT2D eigenvalue weighted by atomic mass is 15.1. The van der Waals surface area contributed by atoms with Crippen LogP contribution in [-0.2, 0) is 0 Å². The predicted molar refractivity (Wildman–Crippen MR) is 80.7 cm³/mol. The predicted octanol–water partition coefficient (Wildman–Crippen LogP) is 3.51. The molecule has 0 bridgehead atoms. The average molecular weight is 254 g/mol. The smallest absolute Gasteiger partial charge is 0.00795 e. The number of rotatable bonds is 7. The van der Waals surface area contributed by atoms with Crippen molar-refractivity contribution in [3.8, 4) is 0 Å². The molecule has 0 aromatic carbocycles. The number of hydrogen-bond acceptors (Lipinski definition) is 2. The van der Waals surface area contributed by atoms with Gasteiger partial charge in [-0.1, -0.05) is 33.6 Å². The third kappa shape index (κ3) is 5.27. The van der Waals surface area contributed by atoms with Crippen LogP contribution in [0.1, 0.15) is 59.3 Å². The molecule has 1 fully saturated rings. The van der Waals surface area contributed by atoms with Crippen LogP contribution < -0.4 is 5.73 Å². The van der Waals surface area contributed by atoms with Gasteiger partial charge in [0.1, 0.15) is 0 Å².